The Bertz CT molecular complexity index is 980. The minimum Gasteiger partial charge on any atom is -0.354 e. The summed E-state index contributed by atoms with van der Waals surface area (Å²) in [5.74, 6) is -1.63. The highest BCUT2D eigenvalue weighted by molar-refractivity contribution is 6.33. The van der Waals surface area contributed by atoms with E-state index in [-0.39, 0.29) is 43.4 Å². The first-order valence-electron chi connectivity index (χ1n) is 9.45. The number of carbonyl (C=O) groups excluding carboxylic acids is 3. The largest absolute Gasteiger partial charge is 0.416 e. The van der Waals surface area contributed by atoms with Gasteiger partial charge in [0.2, 0.25) is 11.8 Å². The molecule has 164 valence electrons. The van der Waals surface area contributed by atoms with Crippen LogP contribution in [0.4, 0.5) is 18.9 Å². The average Bonchev–Trinajstić information content (AvgIpc) is 3.12. The fraction of sp³-hybridized carbons (Fsp3) is 0.286. The molecule has 1 unspecified atom stereocenters. The maximum atomic E-state index is 12.6. The summed E-state index contributed by atoms with van der Waals surface area (Å²) < 4.78 is 37.7. The van der Waals surface area contributed by atoms with Gasteiger partial charge >= 0.3 is 6.18 Å². The van der Waals surface area contributed by atoms with Gasteiger partial charge < -0.3 is 15.5 Å². The van der Waals surface area contributed by atoms with E-state index < -0.39 is 23.6 Å². The van der Waals surface area contributed by atoms with Gasteiger partial charge in [-0.15, -0.1) is 0 Å². The molecule has 1 aliphatic rings. The van der Waals surface area contributed by atoms with Crippen LogP contribution in [0.2, 0.25) is 5.02 Å². The van der Waals surface area contributed by atoms with Gasteiger partial charge in [-0.1, -0.05) is 23.7 Å². The van der Waals surface area contributed by atoms with E-state index in [0.29, 0.717) is 10.7 Å². The molecular formula is C21H19ClF3N3O3. The van der Waals surface area contributed by atoms with Crippen LogP contribution in [0.1, 0.15) is 22.3 Å². The molecule has 1 saturated heterocycles. The number of hydrogen-bond acceptors (Lipinski definition) is 3. The molecule has 0 aliphatic carbocycles. The number of nitrogens with one attached hydrogen (secondary N) is 2. The van der Waals surface area contributed by atoms with Gasteiger partial charge in [-0.05, 0) is 36.4 Å². The number of rotatable bonds is 6. The fourth-order valence-corrected chi connectivity index (χ4v) is 3.44. The Labute approximate surface area is 181 Å². The van der Waals surface area contributed by atoms with Gasteiger partial charge in [0.1, 0.15) is 0 Å². The van der Waals surface area contributed by atoms with Crippen molar-refractivity contribution in [1.29, 1.82) is 0 Å². The van der Waals surface area contributed by atoms with Crippen LogP contribution in [-0.4, -0.2) is 37.4 Å². The Balaban J connectivity index is 1.45. The first-order chi connectivity index (χ1) is 14.7. The molecule has 2 N–H and O–H groups in total. The number of anilines is 1. The van der Waals surface area contributed by atoms with E-state index in [1.54, 1.807) is 24.3 Å². The first-order valence-corrected chi connectivity index (χ1v) is 9.82. The number of benzene rings is 2. The summed E-state index contributed by atoms with van der Waals surface area (Å²) in [6.45, 7) is 0.398. The van der Waals surface area contributed by atoms with Crippen molar-refractivity contribution in [1.82, 2.24) is 10.6 Å². The maximum Gasteiger partial charge on any atom is 0.416 e. The van der Waals surface area contributed by atoms with Crippen molar-refractivity contribution in [2.45, 2.75) is 12.6 Å². The molecule has 0 saturated carbocycles. The zero-order chi connectivity index (χ0) is 22.6. The van der Waals surface area contributed by atoms with E-state index in [1.165, 1.54) is 4.90 Å². The number of halogens is 4. The Kier molecular flexibility index (Phi) is 6.84. The molecular weight excluding hydrogens is 435 g/mol. The molecule has 0 spiro atoms. The minimum atomic E-state index is -4.47. The summed E-state index contributed by atoms with van der Waals surface area (Å²) in [6, 6.07) is 10.7. The second-order valence-corrected chi connectivity index (χ2v) is 7.39. The molecule has 1 fully saturated rings. The van der Waals surface area contributed by atoms with Crippen LogP contribution < -0.4 is 15.5 Å². The molecule has 1 aliphatic heterocycles. The molecule has 10 heteroatoms. The van der Waals surface area contributed by atoms with E-state index in [2.05, 4.69) is 10.6 Å². The van der Waals surface area contributed by atoms with E-state index in [4.69, 9.17) is 11.6 Å². The van der Waals surface area contributed by atoms with Crippen molar-refractivity contribution < 1.29 is 27.6 Å². The quantitative estimate of drug-likeness (QED) is 0.659. The smallest absolute Gasteiger partial charge is 0.354 e. The Morgan fingerprint density at radius 3 is 2.32 bits per heavy atom. The molecule has 6 nitrogen and oxygen atoms in total. The Hall–Kier alpha value is -3.07. The monoisotopic (exact) mass is 453 g/mol. The van der Waals surface area contributed by atoms with E-state index in [0.717, 1.165) is 24.3 Å². The van der Waals surface area contributed by atoms with Crippen LogP contribution in [0, 0.1) is 5.92 Å². The maximum absolute atomic E-state index is 12.6. The van der Waals surface area contributed by atoms with Gasteiger partial charge in [0.05, 0.1) is 22.2 Å². The number of hydrogen-bond donors (Lipinski definition) is 2. The van der Waals surface area contributed by atoms with Gasteiger partial charge in [0, 0.05) is 31.6 Å². The molecule has 2 aromatic carbocycles. The highest BCUT2D eigenvalue weighted by atomic mass is 35.5. The van der Waals surface area contributed by atoms with Gasteiger partial charge in [-0.3, -0.25) is 14.4 Å². The van der Waals surface area contributed by atoms with Crippen molar-refractivity contribution in [2.75, 3.05) is 24.5 Å². The number of alkyl halides is 3. The summed E-state index contributed by atoms with van der Waals surface area (Å²) in [4.78, 5) is 38.1. The third-order valence-electron chi connectivity index (χ3n) is 4.82. The van der Waals surface area contributed by atoms with Crippen molar-refractivity contribution >= 4 is 35.0 Å². The van der Waals surface area contributed by atoms with Crippen LogP contribution in [-0.2, 0) is 15.8 Å². The van der Waals surface area contributed by atoms with Crippen LogP contribution in [0.15, 0.2) is 48.5 Å². The molecule has 1 heterocycles. The van der Waals surface area contributed by atoms with Crippen molar-refractivity contribution in [3.63, 3.8) is 0 Å². The highest BCUT2D eigenvalue weighted by Gasteiger charge is 2.35. The van der Waals surface area contributed by atoms with Gasteiger partial charge in [0.25, 0.3) is 5.91 Å². The Morgan fingerprint density at radius 1 is 1.03 bits per heavy atom. The summed E-state index contributed by atoms with van der Waals surface area (Å²) in [6.07, 6.45) is -4.42. The van der Waals surface area contributed by atoms with Crippen molar-refractivity contribution in [3.05, 3.63) is 64.7 Å². The summed E-state index contributed by atoms with van der Waals surface area (Å²) in [5.41, 5.74) is -0.211. The lowest BCUT2D eigenvalue weighted by molar-refractivity contribution is -0.137. The number of nitrogens with zero attached hydrogens (tertiary/aromatic N) is 1. The zero-order valence-corrected chi connectivity index (χ0v) is 17.0. The Morgan fingerprint density at radius 2 is 1.68 bits per heavy atom. The molecule has 31 heavy (non-hydrogen) atoms. The summed E-state index contributed by atoms with van der Waals surface area (Å²) >= 11 is 6.12. The summed E-state index contributed by atoms with van der Waals surface area (Å²) in [5, 5.41) is 5.60. The van der Waals surface area contributed by atoms with Crippen LogP contribution in [0.5, 0.6) is 0 Å². The molecule has 2 aromatic rings. The molecule has 3 rings (SSSR count). The normalized spacial score (nSPS) is 16.3. The topological polar surface area (TPSA) is 78.5 Å². The van der Waals surface area contributed by atoms with E-state index in [1.807, 2.05) is 0 Å². The lowest BCUT2D eigenvalue weighted by Crippen LogP contribution is -2.38. The molecule has 1 atom stereocenters. The van der Waals surface area contributed by atoms with Gasteiger partial charge in [0.15, 0.2) is 0 Å². The average molecular weight is 454 g/mol. The van der Waals surface area contributed by atoms with Gasteiger partial charge in [-0.25, -0.2) is 0 Å². The third-order valence-corrected chi connectivity index (χ3v) is 5.14. The van der Waals surface area contributed by atoms with Crippen LogP contribution >= 0.6 is 11.6 Å². The number of amides is 3. The number of carbonyl (C=O) groups is 3. The van der Waals surface area contributed by atoms with Crippen molar-refractivity contribution in [3.8, 4) is 0 Å². The van der Waals surface area contributed by atoms with Crippen LogP contribution in [0.25, 0.3) is 0 Å². The van der Waals surface area contributed by atoms with Crippen LogP contribution in [0.3, 0.4) is 0 Å². The van der Waals surface area contributed by atoms with E-state index in [9.17, 15) is 27.6 Å². The minimum absolute atomic E-state index is 0.0506. The summed E-state index contributed by atoms with van der Waals surface area (Å²) in [7, 11) is 0. The zero-order valence-electron chi connectivity index (χ0n) is 16.2. The lowest BCUT2D eigenvalue weighted by atomic mass is 10.1. The SMILES string of the molecule is O=C(NCCNC(=O)C1CC(=O)N(c2ccccc2Cl)C1)c1ccc(C(F)(F)F)cc1. The van der Waals surface area contributed by atoms with Gasteiger partial charge in [-0.2, -0.15) is 13.2 Å². The highest BCUT2D eigenvalue weighted by Crippen LogP contribution is 2.31. The predicted molar refractivity (Wildman–Crippen MR) is 109 cm³/mol. The molecule has 0 bridgehead atoms. The van der Waals surface area contributed by atoms with E-state index >= 15 is 0 Å². The molecule has 3 amide bonds. The second kappa shape index (κ2) is 9.38. The predicted octanol–water partition coefficient (Wildman–Crippen LogP) is 3.26. The lowest BCUT2D eigenvalue weighted by Gasteiger charge is -2.18. The number of para-hydroxylation sites is 1. The standard InChI is InChI=1S/C21H19ClF3N3O3/c22-16-3-1-2-4-17(16)28-12-14(11-18(28)29)20(31)27-10-9-26-19(30)13-5-7-15(8-6-13)21(23,24)25/h1-8,14H,9-12H2,(H,26,30)(H,27,31). The third kappa shape index (κ3) is 5.55. The molecule has 0 radical (unpaired) electrons. The second-order valence-electron chi connectivity index (χ2n) is 6.98. The first kappa shape index (κ1) is 22.6. The van der Waals surface area contributed by atoms with Crippen molar-refractivity contribution in [2.24, 2.45) is 5.92 Å². The fourth-order valence-electron chi connectivity index (χ4n) is 3.21. The molecule has 0 aromatic heterocycles.